The second-order valence-electron chi connectivity index (χ2n) is 3.33. The van der Waals surface area contributed by atoms with Crippen molar-refractivity contribution in [3.63, 3.8) is 0 Å². The Balaban J connectivity index is 2.45. The van der Waals surface area contributed by atoms with Crippen molar-refractivity contribution in [2.45, 2.75) is 0 Å². The van der Waals surface area contributed by atoms with Crippen LogP contribution in [0.2, 0.25) is 0 Å². The van der Waals surface area contributed by atoms with Crippen LogP contribution in [0.15, 0.2) is 23.3 Å². The second kappa shape index (κ2) is 4.64. The molecule has 2 rings (SSSR count). The molecule has 0 spiro atoms. The third kappa shape index (κ3) is 2.20. The number of carbonyl (C=O) groups is 1. The molecule has 0 bridgehead atoms. The van der Waals surface area contributed by atoms with Gasteiger partial charge in [0.2, 0.25) is 0 Å². The summed E-state index contributed by atoms with van der Waals surface area (Å²) < 4.78 is 6.50. The van der Waals surface area contributed by atoms with Crippen LogP contribution in [0.4, 0.5) is 5.69 Å². The maximum atomic E-state index is 11.2. The number of methoxy groups -OCH3 is 1. The molecular formula is C10H11N3O3S. The van der Waals surface area contributed by atoms with Gasteiger partial charge in [0.15, 0.2) is 0 Å². The fourth-order valence-corrected chi connectivity index (χ4v) is 1.71. The molecule has 0 fully saturated rings. The topological polar surface area (TPSA) is 65.4 Å². The number of carboxylic acids is 1. The number of hydrogen-bond acceptors (Lipinski definition) is 6. The summed E-state index contributed by atoms with van der Waals surface area (Å²) in [5.74, 6) is -0.553. The van der Waals surface area contributed by atoms with Crippen LogP contribution in [0.1, 0.15) is 10.4 Å². The number of carboxylic acid groups (broad SMARTS) is 1. The zero-order valence-electron chi connectivity index (χ0n) is 9.07. The fraction of sp³-hybridized carbons (Fsp3) is 0.200. The molecule has 0 aromatic heterocycles. The van der Waals surface area contributed by atoms with Crippen molar-refractivity contribution in [2.24, 2.45) is 5.10 Å². The molecule has 1 aromatic carbocycles. The number of ether oxygens (including phenoxy) is 1. The van der Waals surface area contributed by atoms with E-state index in [-0.39, 0.29) is 5.56 Å². The van der Waals surface area contributed by atoms with Gasteiger partial charge in [0.05, 0.1) is 24.9 Å². The van der Waals surface area contributed by atoms with Gasteiger partial charge < -0.3 is 9.84 Å². The lowest BCUT2D eigenvalue weighted by Crippen LogP contribution is -2.28. The lowest BCUT2D eigenvalue weighted by Gasteiger charge is -2.23. The first kappa shape index (κ1) is 11.7. The van der Waals surface area contributed by atoms with Gasteiger partial charge in [0, 0.05) is 6.21 Å². The van der Waals surface area contributed by atoms with E-state index in [0.717, 1.165) is 0 Å². The summed E-state index contributed by atoms with van der Waals surface area (Å²) in [6.07, 6.45) is 1.64. The summed E-state index contributed by atoms with van der Waals surface area (Å²) >= 11 is 4.17. The number of anilines is 1. The van der Waals surface area contributed by atoms with E-state index in [1.807, 2.05) is 0 Å². The molecule has 0 unspecified atom stereocenters. The number of hydrazine groups is 1. The van der Waals surface area contributed by atoms with Crippen molar-refractivity contribution in [2.75, 3.05) is 18.8 Å². The molecule has 1 aliphatic rings. The first-order valence-electron chi connectivity index (χ1n) is 4.83. The highest BCUT2D eigenvalue weighted by Crippen LogP contribution is 2.28. The summed E-state index contributed by atoms with van der Waals surface area (Å²) in [5, 5.41) is 14.6. The van der Waals surface area contributed by atoms with Gasteiger partial charge in [-0.3, -0.25) is 0 Å². The van der Waals surface area contributed by atoms with Crippen molar-refractivity contribution in [1.29, 1.82) is 0 Å². The number of hydrazone groups is 1. The highest BCUT2D eigenvalue weighted by molar-refractivity contribution is 7.77. The van der Waals surface area contributed by atoms with Crippen LogP contribution in [-0.4, -0.2) is 35.4 Å². The van der Waals surface area contributed by atoms with E-state index in [1.165, 1.54) is 22.7 Å². The molecule has 1 heterocycles. The summed E-state index contributed by atoms with van der Waals surface area (Å²) in [4.78, 5) is 11.2. The molecule has 1 aliphatic heterocycles. The van der Waals surface area contributed by atoms with Crippen molar-refractivity contribution in [3.8, 4) is 5.75 Å². The molecule has 6 nitrogen and oxygen atoms in total. The molecule has 1 aromatic rings. The highest BCUT2D eigenvalue weighted by Gasteiger charge is 2.22. The Morgan fingerprint density at radius 1 is 1.59 bits per heavy atom. The summed E-state index contributed by atoms with van der Waals surface area (Å²) in [5.41, 5.74) is 0.560. The summed E-state index contributed by atoms with van der Waals surface area (Å²) in [6, 6.07) is 4.76. The van der Waals surface area contributed by atoms with E-state index in [9.17, 15) is 4.79 Å². The van der Waals surface area contributed by atoms with E-state index < -0.39 is 5.97 Å². The first-order chi connectivity index (χ1) is 8.13. The molecule has 0 saturated carbocycles. The van der Waals surface area contributed by atoms with Crippen LogP contribution in [-0.2, 0) is 0 Å². The van der Waals surface area contributed by atoms with Crippen molar-refractivity contribution < 1.29 is 14.6 Å². The molecular weight excluding hydrogens is 242 g/mol. The van der Waals surface area contributed by atoms with E-state index in [1.54, 1.807) is 18.3 Å². The molecule has 0 radical (unpaired) electrons. The predicted molar refractivity (Wildman–Crippen MR) is 66.6 cm³/mol. The number of nitrogens with zero attached hydrogens (tertiary/aromatic N) is 3. The minimum absolute atomic E-state index is 0.113. The quantitative estimate of drug-likeness (QED) is 0.794. The molecule has 0 aliphatic carbocycles. The van der Waals surface area contributed by atoms with Gasteiger partial charge in [0.1, 0.15) is 5.75 Å². The van der Waals surface area contributed by atoms with E-state index in [4.69, 9.17) is 9.84 Å². The van der Waals surface area contributed by atoms with Gasteiger partial charge in [-0.2, -0.15) is 10.2 Å². The van der Waals surface area contributed by atoms with E-state index in [0.29, 0.717) is 18.0 Å². The minimum atomic E-state index is -1.04. The second-order valence-corrected chi connectivity index (χ2v) is 3.79. The molecule has 17 heavy (non-hydrogen) atoms. The van der Waals surface area contributed by atoms with Gasteiger partial charge in [-0.25, -0.2) is 4.79 Å². The lowest BCUT2D eigenvalue weighted by atomic mass is 10.1. The maximum Gasteiger partial charge on any atom is 0.338 e. The molecule has 7 heteroatoms. The number of aromatic carboxylic acids is 1. The smallest absolute Gasteiger partial charge is 0.338 e. The minimum Gasteiger partial charge on any atom is -0.497 e. The number of rotatable bonds is 3. The van der Waals surface area contributed by atoms with Gasteiger partial charge >= 0.3 is 5.97 Å². The Morgan fingerprint density at radius 3 is 2.88 bits per heavy atom. The number of thiol groups is 1. The zero-order chi connectivity index (χ0) is 12.4. The van der Waals surface area contributed by atoms with Crippen LogP contribution in [0.5, 0.6) is 5.75 Å². The zero-order valence-corrected chi connectivity index (χ0v) is 9.96. The molecule has 1 N–H and O–H groups in total. The van der Waals surface area contributed by atoms with Gasteiger partial charge in [-0.05, 0) is 18.2 Å². The van der Waals surface area contributed by atoms with E-state index >= 15 is 0 Å². The Labute approximate surface area is 104 Å². The highest BCUT2D eigenvalue weighted by atomic mass is 32.1. The summed E-state index contributed by atoms with van der Waals surface area (Å²) in [6.45, 7) is 0.522. The predicted octanol–water partition coefficient (Wildman–Crippen LogP) is 1.26. The van der Waals surface area contributed by atoms with Crippen molar-refractivity contribution in [1.82, 2.24) is 4.41 Å². The maximum absolute atomic E-state index is 11.2. The van der Waals surface area contributed by atoms with Crippen LogP contribution >= 0.6 is 12.8 Å². The average molecular weight is 253 g/mol. The van der Waals surface area contributed by atoms with Gasteiger partial charge in [-0.1, -0.05) is 12.8 Å². The molecule has 0 atom stereocenters. The van der Waals surface area contributed by atoms with Crippen molar-refractivity contribution >= 4 is 30.7 Å². The Hall–Kier alpha value is -1.73. The fourth-order valence-electron chi connectivity index (χ4n) is 1.50. The number of benzene rings is 1. The van der Waals surface area contributed by atoms with Crippen LogP contribution in [0.3, 0.4) is 0 Å². The Bertz CT molecular complexity index is 478. The van der Waals surface area contributed by atoms with E-state index in [2.05, 4.69) is 17.9 Å². The average Bonchev–Trinajstić information content (AvgIpc) is 2.74. The van der Waals surface area contributed by atoms with Crippen LogP contribution < -0.4 is 9.85 Å². The largest absolute Gasteiger partial charge is 0.497 e. The third-order valence-electron chi connectivity index (χ3n) is 2.30. The molecule has 0 amide bonds. The standard InChI is InChI=1S/C10H11N3O3S/c1-16-7-2-3-9(8(6-7)10(14)15)13-11-4-5-12(13)17/h2-4,6,17H,5H2,1H3,(H,14,15). The Kier molecular flexibility index (Phi) is 3.21. The van der Waals surface area contributed by atoms with Crippen LogP contribution in [0, 0.1) is 0 Å². The van der Waals surface area contributed by atoms with Gasteiger partial charge in [-0.15, -0.1) is 4.41 Å². The lowest BCUT2D eigenvalue weighted by molar-refractivity contribution is 0.0696. The summed E-state index contributed by atoms with van der Waals surface area (Å²) in [7, 11) is 1.49. The normalized spacial score (nSPS) is 15.3. The van der Waals surface area contributed by atoms with Crippen LogP contribution in [0.25, 0.3) is 0 Å². The first-order valence-corrected chi connectivity index (χ1v) is 5.23. The SMILES string of the molecule is COc1ccc(N2N=CCN2S)c(C(=O)O)c1. The Morgan fingerprint density at radius 2 is 2.35 bits per heavy atom. The monoisotopic (exact) mass is 253 g/mol. The van der Waals surface area contributed by atoms with Crippen molar-refractivity contribution in [3.05, 3.63) is 23.8 Å². The molecule has 0 saturated heterocycles. The molecule has 90 valence electrons. The third-order valence-corrected chi connectivity index (χ3v) is 2.64. The number of hydrogen-bond donors (Lipinski definition) is 2. The van der Waals surface area contributed by atoms with Gasteiger partial charge in [0.25, 0.3) is 0 Å².